The first-order valence-corrected chi connectivity index (χ1v) is 8.63. The highest BCUT2D eigenvalue weighted by atomic mass is 35.5. The van der Waals surface area contributed by atoms with Crippen molar-refractivity contribution in [1.82, 2.24) is 4.90 Å². The molecular formula is C19H22ClN3O5. The Balaban J connectivity index is 0.00000280. The van der Waals surface area contributed by atoms with Crippen LogP contribution in [0.4, 0.5) is 5.69 Å². The summed E-state index contributed by atoms with van der Waals surface area (Å²) in [7, 11) is 1.56. The Hall–Kier alpha value is -2.84. The molecule has 8 nitrogen and oxygen atoms in total. The molecule has 9 heteroatoms. The SMILES string of the molecule is COc1ccc(Oc2ccc([N+](=O)[O-])cc2C(=O)N2CCC(N)CC2)cc1.Cl. The predicted octanol–water partition coefficient (Wildman–Crippen LogP) is 3.38. The maximum Gasteiger partial charge on any atom is 0.270 e. The average molecular weight is 408 g/mol. The van der Waals surface area contributed by atoms with Crippen LogP contribution in [0.5, 0.6) is 17.2 Å². The lowest BCUT2D eigenvalue weighted by Crippen LogP contribution is -2.42. The first kappa shape index (κ1) is 21.5. The molecule has 1 aliphatic rings. The van der Waals surface area contributed by atoms with Crippen LogP contribution in [-0.4, -0.2) is 42.0 Å². The van der Waals surface area contributed by atoms with Crippen LogP contribution in [0.25, 0.3) is 0 Å². The van der Waals surface area contributed by atoms with Gasteiger partial charge in [-0.25, -0.2) is 0 Å². The van der Waals surface area contributed by atoms with Crippen LogP contribution >= 0.6 is 12.4 Å². The highest BCUT2D eigenvalue weighted by Crippen LogP contribution is 2.31. The number of non-ortho nitro benzene ring substituents is 1. The number of nitro groups is 1. The molecule has 1 saturated heterocycles. The van der Waals surface area contributed by atoms with E-state index in [4.69, 9.17) is 15.2 Å². The lowest BCUT2D eigenvalue weighted by atomic mass is 10.0. The van der Waals surface area contributed by atoms with E-state index in [1.807, 2.05) is 0 Å². The smallest absolute Gasteiger partial charge is 0.270 e. The number of carbonyl (C=O) groups excluding carboxylic acids is 1. The molecule has 1 aliphatic heterocycles. The van der Waals surface area contributed by atoms with Crippen LogP contribution in [-0.2, 0) is 0 Å². The number of halogens is 1. The van der Waals surface area contributed by atoms with Gasteiger partial charge in [0, 0.05) is 31.3 Å². The zero-order chi connectivity index (χ0) is 19.4. The number of likely N-dealkylation sites (tertiary alicyclic amines) is 1. The highest BCUT2D eigenvalue weighted by molar-refractivity contribution is 5.97. The van der Waals surface area contributed by atoms with Gasteiger partial charge < -0.3 is 20.1 Å². The maximum absolute atomic E-state index is 13.0. The number of nitro benzene ring substituents is 1. The van der Waals surface area contributed by atoms with E-state index in [0.717, 1.165) is 0 Å². The molecule has 0 bridgehead atoms. The maximum atomic E-state index is 13.0. The van der Waals surface area contributed by atoms with Crippen molar-refractivity contribution in [2.45, 2.75) is 18.9 Å². The van der Waals surface area contributed by atoms with Crippen LogP contribution in [0.15, 0.2) is 42.5 Å². The number of carbonyl (C=O) groups is 1. The average Bonchev–Trinajstić information content (AvgIpc) is 2.69. The van der Waals surface area contributed by atoms with E-state index in [0.29, 0.717) is 37.4 Å². The van der Waals surface area contributed by atoms with Gasteiger partial charge in [-0.1, -0.05) is 0 Å². The summed E-state index contributed by atoms with van der Waals surface area (Å²) >= 11 is 0. The number of nitrogens with two attached hydrogens (primary N) is 1. The summed E-state index contributed by atoms with van der Waals surface area (Å²) in [5.41, 5.74) is 5.90. The summed E-state index contributed by atoms with van der Waals surface area (Å²) in [4.78, 5) is 25.2. The van der Waals surface area contributed by atoms with Gasteiger partial charge in [0.05, 0.1) is 17.6 Å². The summed E-state index contributed by atoms with van der Waals surface area (Å²) < 4.78 is 10.9. The van der Waals surface area contributed by atoms with Crippen LogP contribution < -0.4 is 15.2 Å². The first-order chi connectivity index (χ1) is 13.0. The molecule has 0 unspecified atom stereocenters. The molecule has 0 saturated carbocycles. The second kappa shape index (κ2) is 9.38. The van der Waals surface area contributed by atoms with Crippen molar-refractivity contribution in [2.75, 3.05) is 20.2 Å². The molecule has 0 aromatic heterocycles. The second-order valence-corrected chi connectivity index (χ2v) is 6.34. The van der Waals surface area contributed by atoms with Gasteiger partial charge in [-0.15, -0.1) is 12.4 Å². The van der Waals surface area contributed by atoms with Crippen LogP contribution in [0.2, 0.25) is 0 Å². The summed E-state index contributed by atoms with van der Waals surface area (Å²) in [6.45, 7) is 1.04. The van der Waals surface area contributed by atoms with Gasteiger partial charge in [-0.3, -0.25) is 14.9 Å². The van der Waals surface area contributed by atoms with E-state index in [9.17, 15) is 14.9 Å². The summed E-state index contributed by atoms with van der Waals surface area (Å²) in [5, 5.41) is 11.1. The Bertz CT molecular complexity index is 836. The van der Waals surface area contributed by atoms with Crippen LogP contribution in [0.3, 0.4) is 0 Å². The number of benzene rings is 2. The van der Waals surface area contributed by atoms with E-state index in [1.165, 1.54) is 18.2 Å². The molecule has 0 spiro atoms. The molecule has 2 N–H and O–H groups in total. The third-order valence-electron chi connectivity index (χ3n) is 4.52. The van der Waals surface area contributed by atoms with Gasteiger partial charge in [-0.05, 0) is 43.2 Å². The molecule has 2 aromatic carbocycles. The number of hydrogen-bond acceptors (Lipinski definition) is 6. The van der Waals surface area contributed by atoms with E-state index < -0.39 is 4.92 Å². The second-order valence-electron chi connectivity index (χ2n) is 6.34. The molecule has 0 radical (unpaired) electrons. The fourth-order valence-corrected chi connectivity index (χ4v) is 2.93. The summed E-state index contributed by atoms with van der Waals surface area (Å²) in [6.07, 6.45) is 1.41. The third-order valence-corrected chi connectivity index (χ3v) is 4.52. The van der Waals surface area contributed by atoms with Crippen molar-refractivity contribution in [3.05, 3.63) is 58.1 Å². The minimum atomic E-state index is -0.528. The largest absolute Gasteiger partial charge is 0.497 e. The van der Waals surface area contributed by atoms with Crippen LogP contribution in [0.1, 0.15) is 23.2 Å². The molecule has 28 heavy (non-hydrogen) atoms. The quantitative estimate of drug-likeness (QED) is 0.601. The topological polar surface area (TPSA) is 108 Å². The molecule has 1 heterocycles. The van der Waals surface area contributed by atoms with Crippen molar-refractivity contribution >= 4 is 24.0 Å². The molecular weight excluding hydrogens is 386 g/mol. The number of nitrogens with zero attached hydrogens (tertiary/aromatic N) is 2. The zero-order valence-corrected chi connectivity index (χ0v) is 16.2. The Morgan fingerprint density at radius 3 is 2.32 bits per heavy atom. The van der Waals surface area contributed by atoms with E-state index in [1.54, 1.807) is 36.3 Å². The number of hydrogen-bond donors (Lipinski definition) is 1. The van der Waals surface area contributed by atoms with Crippen LogP contribution in [0, 0.1) is 10.1 Å². The molecule has 1 fully saturated rings. The number of methoxy groups -OCH3 is 1. The number of rotatable bonds is 5. The Labute approximate surface area is 168 Å². The van der Waals surface area contributed by atoms with Gasteiger partial charge in [0.25, 0.3) is 11.6 Å². The minimum Gasteiger partial charge on any atom is -0.497 e. The zero-order valence-electron chi connectivity index (χ0n) is 15.4. The lowest BCUT2D eigenvalue weighted by molar-refractivity contribution is -0.384. The van der Waals surface area contributed by atoms with E-state index in [2.05, 4.69) is 0 Å². The van der Waals surface area contributed by atoms with Crippen molar-refractivity contribution < 1.29 is 19.2 Å². The Morgan fingerprint density at radius 1 is 1.14 bits per heavy atom. The number of ether oxygens (including phenoxy) is 2. The van der Waals surface area contributed by atoms with Gasteiger partial charge >= 0.3 is 0 Å². The monoisotopic (exact) mass is 407 g/mol. The molecule has 1 amide bonds. The van der Waals surface area contributed by atoms with Gasteiger partial charge in [0.15, 0.2) is 0 Å². The van der Waals surface area contributed by atoms with Gasteiger partial charge in [-0.2, -0.15) is 0 Å². The molecule has 0 aliphatic carbocycles. The summed E-state index contributed by atoms with van der Waals surface area (Å²) in [6, 6.07) is 11.0. The lowest BCUT2D eigenvalue weighted by Gasteiger charge is -2.30. The number of piperidine rings is 1. The molecule has 2 aromatic rings. The van der Waals surface area contributed by atoms with Gasteiger partial charge in [0.1, 0.15) is 17.2 Å². The minimum absolute atomic E-state index is 0. The fraction of sp³-hybridized carbons (Fsp3) is 0.316. The van der Waals surface area contributed by atoms with Crippen molar-refractivity contribution in [3.8, 4) is 17.2 Å². The van der Waals surface area contributed by atoms with E-state index in [-0.39, 0.29) is 41.4 Å². The van der Waals surface area contributed by atoms with Crippen molar-refractivity contribution in [3.63, 3.8) is 0 Å². The predicted molar refractivity (Wildman–Crippen MR) is 107 cm³/mol. The normalized spacial score (nSPS) is 14.1. The number of amides is 1. The van der Waals surface area contributed by atoms with E-state index >= 15 is 0 Å². The fourth-order valence-electron chi connectivity index (χ4n) is 2.93. The molecule has 0 atom stereocenters. The standard InChI is InChI=1S/C19H21N3O5.ClH/c1-26-15-3-5-16(6-4-15)27-18-7-2-14(22(24)25)12-17(18)19(23)21-10-8-13(20)9-11-21;/h2-7,12-13H,8-11,20H2,1H3;1H. The molecule has 3 rings (SSSR count). The molecule has 150 valence electrons. The summed E-state index contributed by atoms with van der Waals surface area (Å²) in [5.74, 6) is 1.14. The Kier molecular flexibility index (Phi) is 7.19. The van der Waals surface area contributed by atoms with Crippen molar-refractivity contribution in [1.29, 1.82) is 0 Å². The highest BCUT2D eigenvalue weighted by Gasteiger charge is 2.26. The third kappa shape index (κ3) is 4.90. The van der Waals surface area contributed by atoms with Crippen molar-refractivity contribution in [2.24, 2.45) is 5.73 Å². The Morgan fingerprint density at radius 2 is 1.75 bits per heavy atom. The van der Waals surface area contributed by atoms with Gasteiger partial charge in [0.2, 0.25) is 0 Å². The first-order valence-electron chi connectivity index (χ1n) is 8.63.